The molecule has 0 amide bonds. The summed E-state index contributed by atoms with van der Waals surface area (Å²) in [4.78, 5) is 53.5. The van der Waals surface area contributed by atoms with Gasteiger partial charge in [-0.25, -0.2) is 9.59 Å². The van der Waals surface area contributed by atoms with E-state index in [0.29, 0.717) is 11.8 Å². The lowest BCUT2D eigenvalue weighted by molar-refractivity contribution is -0.385. The fourth-order valence-electron chi connectivity index (χ4n) is 2.65. The standard InChI is InChI=1S/C11H11NO5.C10H9NO5/c1-16-7-6-8-4-3-5-9(12(14)15)10(8)11(13)17-2;1-16-10(13)9-7(5-6-12)3-2-4-8(9)11(14)15/h3-7H,1-2H3;2-4,6H,5H2,1H3/b7-6+;. The molecule has 33 heavy (non-hydrogen) atoms. The first-order valence-electron chi connectivity index (χ1n) is 9.06. The van der Waals surface area contributed by atoms with E-state index < -0.39 is 21.8 Å². The van der Waals surface area contributed by atoms with Crippen LogP contribution in [-0.2, 0) is 25.4 Å². The van der Waals surface area contributed by atoms with Crippen molar-refractivity contribution in [2.75, 3.05) is 21.3 Å². The average Bonchev–Trinajstić information content (AvgIpc) is 2.81. The minimum atomic E-state index is -0.816. The normalized spacial score (nSPS) is 9.91. The Hall–Kier alpha value is -4.61. The lowest BCUT2D eigenvalue weighted by atomic mass is 10.0. The molecule has 2 rings (SSSR count). The molecular weight excluding hydrogens is 440 g/mol. The van der Waals surface area contributed by atoms with Crippen LogP contribution in [0.5, 0.6) is 0 Å². The van der Waals surface area contributed by atoms with Gasteiger partial charge in [0.1, 0.15) is 17.4 Å². The van der Waals surface area contributed by atoms with Crippen molar-refractivity contribution in [1.29, 1.82) is 0 Å². The maximum absolute atomic E-state index is 11.5. The van der Waals surface area contributed by atoms with E-state index in [4.69, 9.17) is 4.74 Å². The van der Waals surface area contributed by atoms with E-state index in [1.165, 1.54) is 56.9 Å². The van der Waals surface area contributed by atoms with Crippen molar-refractivity contribution >= 4 is 35.7 Å². The minimum Gasteiger partial charge on any atom is -0.504 e. The molecule has 0 atom stereocenters. The van der Waals surface area contributed by atoms with Gasteiger partial charge in [-0.05, 0) is 17.2 Å². The Morgan fingerprint density at radius 2 is 1.39 bits per heavy atom. The highest BCUT2D eigenvalue weighted by Crippen LogP contribution is 2.25. The number of methoxy groups -OCH3 is 3. The number of ether oxygens (including phenoxy) is 3. The number of nitro benzene ring substituents is 2. The third-order valence-corrected chi connectivity index (χ3v) is 4.06. The molecule has 0 aromatic heterocycles. The van der Waals surface area contributed by atoms with Gasteiger partial charge < -0.3 is 19.0 Å². The summed E-state index contributed by atoms with van der Waals surface area (Å²) in [6.45, 7) is 0. The highest BCUT2D eigenvalue weighted by atomic mass is 16.6. The van der Waals surface area contributed by atoms with Crippen molar-refractivity contribution < 1.29 is 38.4 Å². The summed E-state index contributed by atoms with van der Waals surface area (Å²) in [6.07, 6.45) is 3.29. The predicted molar refractivity (Wildman–Crippen MR) is 115 cm³/mol. The third kappa shape index (κ3) is 6.95. The molecule has 0 radical (unpaired) electrons. The summed E-state index contributed by atoms with van der Waals surface area (Å²) in [5.41, 5.74) is -0.249. The zero-order chi connectivity index (χ0) is 25.0. The molecule has 0 aliphatic heterocycles. The summed E-state index contributed by atoms with van der Waals surface area (Å²) in [7, 11) is 3.73. The molecule has 2 aromatic carbocycles. The van der Waals surface area contributed by atoms with Crippen LogP contribution in [0.15, 0.2) is 42.7 Å². The second kappa shape index (κ2) is 12.9. The smallest absolute Gasteiger partial charge is 0.345 e. The van der Waals surface area contributed by atoms with Crippen molar-refractivity contribution in [1.82, 2.24) is 0 Å². The van der Waals surface area contributed by atoms with Gasteiger partial charge in [0.25, 0.3) is 11.4 Å². The molecule has 0 saturated heterocycles. The number of nitrogens with zero attached hydrogens (tertiary/aromatic N) is 2. The molecule has 0 aliphatic rings. The van der Waals surface area contributed by atoms with Crippen molar-refractivity contribution in [2.45, 2.75) is 6.42 Å². The van der Waals surface area contributed by atoms with Crippen LogP contribution in [0.1, 0.15) is 31.8 Å². The molecule has 0 bridgehead atoms. The number of hydrogen-bond donors (Lipinski definition) is 0. The Bertz CT molecular complexity index is 1080. The largest absolute Gasteiger partial charge is 0.504 e. The number of carbonyl (C=O) groups excluding carboxylic acids is 3. The van der Waals surface area contributed by atoms with Gasteiger partial charge in [-0.1, -0.05) is 24.3 Å². The molecular formula is C21H20N2O10. The monoisotopic (exact) mass is 460 g/mol. The van der Waals surface area contributed by atoms with E-state index in [2.05, 4.69) is 9.47 Å². The van der Waals surface area contributed by atoms with Gasteiger partial charge in [0.05, 0.1) is 37.4 Å². The van der Waals surface area contributed by atoms with Crippen LogP contribution >= 0.6 is 0 Å². The van der Waals surface area contributed by atoms with Crippen LogP contribution in [0.25, 0.3) is 6.08 Å². The molecule has 0 fully saturated rings. The zero-order valence-corrected chi connectivity index (χ0v) is 17.9. The number of rotatable bonds is 8. The maximum atomic E-state index is 11.5. The highest BCUT2D eigenvalue weighted by molar-refractivity contribution is 5.98. The first kappa shape index (κ1) is 26.4. The Balaban J connectivity index is 0.000000331. The van der Waals surface area contributed by atoms with Crippen LogP contribution in [-0.4, -0.2) is 49.4 Å². The Labute approximate surface area is 187 Å². The van der Waals surface area contributed by atoms with E-state index >= 15 is 0 Å². The summed E-state index contributed by atoms with van der Waals surface area (Å²) in [5.74, 6) is -1.57. The number of carbonyl (C=O) groups is 3. The van der Waals surface area contributed by atoms with Gasteiger partial charge >= 0.3 is 11.9 Å². The third-order valence-electron chi connectivity index (χ3n) is 4.06. The summed E-state index contributed by atoms with van der Waals surface area (Å²) < 4.78 is 13.7. The van der Waals surface area contributed by atoms with E-state index in [0.717, 1.165) is 7.11 Å². The number of esters is 2. The van der Waals surface area contributed by atoms with Crippen LogP contribution in [0.2, 0.25) is 0 Å². The Morgan fingerprint density at radius 3 is 1.88 bits per heavy atom. The summed E-state index contributed by atoms with van der Waals surface area (Å²) in [5, 5.41) is 21.5. The molecule has 0 unspecified atom stereocenters. The zero-order valence-electron chi connectivity index (χ0n) is 17.9. The van der Waals surface area contributed by atoms with Crippen LogP contribution in [0.4, 0.5) is 11.4 Å². The molecule has 0 spiro atoms. The molecule has 0 heterocycles. The molecule has 0 N–H and O–H groups in total. The predicted octanol–water partition coefficient (Wildman–Crippen LogP) is 3.12. The number of aldehydes is 1. The Kier molecular flexibility index (Phi) is 10.4. The first-order valence-corrected chi connectivity index (χ1v) is 9.06. The van der Waals surface area contributed by atoms with Gasteiger partial charge in [0, 0.05) is 18.6 Å². The minimum absolute atomic E-state index is 0.0634. The van der Waals surface area contributed by atoms with Crippen LogP contribution in [0, 0.1) is 20.2 Å². The maximum Gasteiger partial charge on any atom is 0.345 e. The highest BCUT2D eigenvalue weighted by Gasteiger charge is 2.24. The van der Waals surface area contributed by atoms with E-state index in [1.54, 1.807) is 6.07 Å². The van der Waals surface area contributed by atoms with Crippen molar-refractivity contribution in [3.05, 3.63) is 85.1 Å². The second-order valence-electron chi connectivity index (χ2n) is 5.96. The lowest BCUT2D eigenvalue weighted by Gasteiger charge is -2.05. The fourth-order valence-corrected chi connectivity index (χ4v) is 2.65. The van der Waals surface area contributed by atoms with Gasteiger partial charge in [0.15, 0.2) is 0 Å². The van der Waals surface area contributed by atoms with Gasteiger partial charge in [-0.2, -0.15) is 0 Å². The second-order valence-corrected chi connectivity index (χ2v) is 5.96. The van der Waals surface area contributed by atoms with Gasteiger partial charge in [0.2, 0.25) is 0 Å². The van der Waals surface area contributed by atoms with Crippen molar-refractivity contribution in [3.8, 4) is 0 Å². The van der Waals surface area contributed by atoms with Gasteiger partial charge in [-0.15, -0.1) is 0 Å². The SMILES string of the molecule is CO/C=C/c1cccc([N+](=O)[O-])c1C(=O)OC.COC(=O)c1c(CC=O)cccc1[N+](=O)[O-]. The van der Waals surface area contributed by atoms with Crippen molar-refractivity contribution in [2.24, 2.45) is 0 Å². The van der Waals surface area contributed by atoms with Gasteiger partial charge in [-0.3, -0.25) is 20.2 Å². The summed E-state index contributed by atoms with van der Waals surface area (Å²) in [6, 6.07) is 8.39. The molecule has 0 saturated carbocycles. The molecule has 0 aliphatic carbocycles. The topological polar surface area (TPSA) is 165 Å². The number of nitro groups is 2. The van der Waals surface area contributed by atoms with E-state index in [-0.39, 0.29) is 34.5 Å². The quantitative estimate of drug-likeness (QED) is 0.188. The number of hydrogen-bond acceptors (Lipinski definition) is 10. The average molecular weight is 460 g/mol. The van der Waals surface area contributed by atoms with Crippen LogP contribution < -0.4 is 0 Å². The fraction of sp³-hybridized carbons (Fsp3) is 0.190. The summed E-state index contributed by atoms with van der Waals surface area (Å²) >= 11 is 0. The molecule has 12 heteroatoms. The molecule has 174 valence electrons. The Morgan fingerprint density at radius 1 is 0.879 bits per heavy atom. The first-order chi connectivity index (χ1) is 15.7. The van der Waals surface area contributed by atoms with Crippen LogP contribution in [0.3, 0.4) is 0 Å². The number of benzene rings is 2. The lowest BCUT2D eigenvalue weighted by Crippen LogP contribution is -2.09. The van der Waals surface area contributed by atoms with Crippen molar-refractivity contribution in [3.63, 3.8) is 0 Å². The molecule has 2 aromatic rings. The molecule has 12 nitrogen and oxygen atoms in total. The van der Waals surface area contributed by atoms with E-state index in [1.807, 2.05) is 0 Å². The van der Waals surface area contributed by atoms with E-state index in [9.17, 15) is 34.6 Å².